The Morgan fingerprint density at radius 3 is 2.38 bits per heavy atom. The second-order valence-corrected chi connectivity index (χ2v) is 3.57. The van der Waals surface area contributed by atoms with Crippen molar-refractivity contribution in [1.82, 2.24) is 0 Å². The number of benzene rings is 1. The lowest BCUT2D eigenvalue weighted by Crippen LogP contribution is -1.94. The lowest BCUT2D eigenvalue weighted by molar-refractivity contribution is 0.338. The summed E-state index contributed by atoms with van der Waals surface area (Å²) in [5, 5.41) is 0. The minimum Gasteiger partial charge on any atom is -0.494 e. The van der Waals surface area contributed by atoms with Gasteiger partial charge in [-0.3, -0.25) is 0 Å². The quantitative estimate of drug-likeness (QED) is 0.694. The molecule has 0 saturated heterocycles. The molecule has 16 heavy (non-hydrogen) atoms. The van der Waals surface area contributed by atoms with Crippen molar-refractivity contribution in [3.8, 4) is 18.1 Å². The van der Waals surface area contributed by atoms with Crippen LogP contribution < -0.4 is 4.74 Å². The van der Waals surface area contributed by atoms with E-state index in [1.54, 1.807) is 6.92 Å². The summed E-state index contributed by atoms with van der Waals surface area (Å²) in [4.78, 5) is 0. The average molecular weight is 218 g/mol. The van der Waals surface area contributed by atoms with Crippen LogP contribution in [0.15, 0.2) is 18.2 Å². The fraction of sp³-hybridized carbons (Fsp3) is 0.467. The molecule has 1 rings (SSSR count). The van der Waals surface area contributed by atoms with Gasteiger partial charge in [0.2, 0.25) is 0 Å². The highest BCUT2D eigenvalue weighted by Crippen LogP contribution is 2.19. The minimum atomic E-state index is 0.744. The van der Waals surface area contributed by atoms with Crippen LogP contribution in [-0.4, -0.2) is 6.61 Å². The van der Waals surface area contributed by atoms with Crippen LogP contribution in [0.2, 0.25) is 0 Å². The van der Waals surface area contributed by atoms with Crippen molar-refractivity contribution in [2.45, 2.75) is 40.5 Å². The molecule has 1 nitrogen and oxygen atoms in total. The molecular weight excluding hydrogens is 196 g/mol. The van der Waals surface area contributed by atoms with E-state index in [1.165, 1.54) is 17.5 Å². The highest BCUT2D eigenvalue weighted by Gasteiger charge is 1.99. The molecule has 0 aliphatic heterocycles. The van der Waals surface area contributed by atoms with Gasteiger partial charge in [-0.1, -0.05) is 25.5 Å². The van der Waals surface area contributed by atoms with E-state index >= 15 is 0 Å². The fourth-order valence-electron chi connectivity index (χ4n) is 1.47. The van der Waals surface area contributed by atoms with Gasteiger partial charge >= 0.3 is 0 Å². The molecule has 0 atom stereocenters. The van der Waals surface area contributed by atoms with Crippen LogP contribution >= 0.6 is 0 Å². The average Bonchev–Trinajstić information content (AvgIpc) is 2.24. The van der Waals surface area contributed by atoms with Gasteiger partial charge < -0.3 is 4.74 Å². The SMILES string of the molecule is C#CC.CCCc1ccc(OCC)c(C)c1. The van der Waals surface area contributed by atoms with Crippen molar-refractivity contribution >= 4 is 0 Å². The van der Waals surface area contributed by atoms with Crippen LogP contribution in [0.5, 0.6) is 5.75 Å². The maximum atomic E-state index is 5.47. The van der Waals surface area contributed by atoms with Gasteiger partial charge in [0.1, 0.15) is 5.75 Å². The van der Waals surface area contributed by atoms with Crippen molar-refractivity contribution in [3.63, 3.8) is 0 Å². The molecule has 0 spiro atoms. The number of hydrogen-bond acceptors (Lipinski definition) is 1. The Morgan fingerprint density at radius 1 is 1.31 bits per heavy atom. The summed E-state index contributed by atoms with van der Waals surface area (Å²) in [6.07, 6.45) is 6.96. The monoisotopic (exact) mass is 218 g/mol. The lowest BCUT2D eigenvalue weighted by Gasteiger charge is -2.08. The van der Waals surface area contributed by atoms with E-state index in [4.69, 9.17) is 4.74 Å². The highest BCUT2D eigenvalue weighted by atomic mass is 16.5. The van der Waals surface area contributed by atoms with Crippen LogP contribution in [0.4, 0.5) is 0 Å². The van der Waals surface area contributed by atoms with Gasteiger partial charge in [0.15, 0.2) is 0 Å². The Balaban J connectivity index is 0.000000673. The number of hydrogen-bond donors (Lipinski definition) is 0. The van der Waals surface area contributed by atoms with Crippen molar-refractivity contribution in [2.75, 3.05) is 6.61 Å². The Morgan fingerprint density at radius 2 is 1.94 bits per heavy atom. The van der Waals surface area contributed by atoms with Crippen LogP contribution in [0, 0.1) is 19.3 Å². The first-order chi connectivity index (χ1) is 7.69. The molecule has 0 heterocycles. The van der Waals surface area contributed by atoms with Gasteiger partial charge in [0.05, 0.1) is 6.61 Å². The molecule has 0 aliphatic rings. The Kier molecular flexibility index (Phi) is 8.07. The van der Waals surface area contributed by atoms with Gasteiger partial charge in [-0.2, -0.15) is 0 Å². The van der Waals surface area contributed by atoms with Crippen LogP contribution in [0.1, 0.15) is 38.3 Å². The summed E-state index contributed by atoms with van der Waals surface area (Å²) < 4.78 is 5.47. The Bertz CT molecular complexity index is 334. The molecule has 1 heteroatoms. The predicted molar refractivity (Wildman–Crippen MR) is 70.9 cm³/mol. The smallest absolute Gasteiger partial charge is 0.122 e. The van der Waals surface area contributed by atoms with Crippen molar-refractivity contribution < 1.29 is 4.74 Å². The van der Waals surface area contributed by atoms with Gasteiger partial charge in [-0.25, -0.2) is 0 Å². The molecule has 1 aromatic carbocycles. The van der Waals surface area contributed by atoms with Crippen molar-refractivity contribution in [3.05, 3.63) is 29.3 Å². The fourth-order valence-corrected chi connectivity index (χ4v) is 1.47. The summed E-state index contributed by atoms with van der Waals surface area (Å²) in [6.45, 7) is 8.71. The largest absolute Gasteiger partial charge is 0.494 e. The molecule has 0 bridgehead atoms. The molecular formula is C15H22O. The summed E-state index contributed by atoms with van der Waals surface area (Å²) in [5.74, 6) is 3.27. The number of terminal acetylenes is 1. The molecule has 0 radical (unpaired) electrons. The first-order valence-electron chi connectivity index (χ1n) is 5.79. The maximum Gasteiger partial charge on any atom is 0.122 e. The third kappa shape index (κ3) is 5.46. The molecule has 0 amide bonds. The number of ether oxygens (including phenoxy) is 1. The van der Waals surface area contributed by atoms with Gasteiger partial charge in [0.25, 0.3) is 0 Å². The number of rotatable bonds is 4. The second kappa shape index (κ2) is 8.85. The van der Waals surface area contributed by atoms with E-state index in [9.17, 15) is 0 Å². The standard InChI is InChI=1S/C12H18O.C3H4/c1-4-6-11-7-8-12(13-5-2)10(3)9-11;1-3-2/h7-9H,4-6H2,1-3H3;1H,2H3. The first-order valence-corrected chi connectivity index (χ1v) is 5.79. The van der Waals surface area contributed by atoms with E-state index in [-0.39, 0.29) is 0 Å². The molecule has 0 saturated carbocycles. The molecule has 1 aromatic rings. The Hall–Kier alpha value is -1.42. The van der Waals surface area contributed by atoms with E-state index in [1.807, 2.05) is 6.92 Å². The van der Waals surface area contributed by atoms with E-state index in [0.717, 1.165) is 18.8 Å². The van der Waals surface area contributed by atoms with Crippen molar-refractivity contribution in [1.29, 1.82) is 0 Å². The second-order valence-electron chi connectivity index (χ2n) is 3.57. The summed E-state index contributed by atoms with van der Waals surface area (Å²) in [6, 6.07) is 6.44. The Labute approximate surface area is 99.8 Å². The van der Waals surface area contributed by atoms with Crippen LogP contribution in [0.3, 0.4) is 0 Å². The lowest BCUT2D eigenvalue weighted by atomic mass is 10.1. The molecule has 0 fully saturated rings. The molecule has 88 valence electrons. The summed E-state index contributed by atoms with van der Waals surface area (Å²) >= 11 is 0. The third-order valence-corrected chi connectivity index (χ3v) is 2.08. The van der Waals surface area contributed by atoms with Gasteiger partial charge in [-0.05, 0) is 44.4 Å². The maximum absolute atomic E-state index is 5.47. The zero-order valence-electron chi connectivity index (χ0n) is 10.8. The summed E-state index contributed by atoms with van der Waals surface area (Å²) in [7, 11) is 0. The first kappa shape index (κ1) is 14.6. The van der Waals surface area contributed by atoms with Gasteiger partial charge in [0, 0.05) is 0 Å². The predicted octanol–water partition coefficient (Wildman–Crippen LogP) is 3.99. The van der Waals surface area contributed by atoms with E-state index < -0.39 is 0 Å². The molecule has 0 aromatic heterocycles. The van der Waals surface area contributed by atoms with Crippen LogP contribution in [-0.2, 0) is 6.42 Å². The topological polar surface area (TPSA) is 9.23 Å². The minimum absolute atomic E-state index is 0.744. The van der Waals surface area contributed by atoms with E-state index in [0.29, 0.717) is 0 Å². The molecule has 0 unspecified atom stereocenters. The third-order valence-electron chi connectivity index (χ3n) is 2.08. The normalized spacial score (nSPS) is 8.69. The molecule has 0 N–H and O–H groups in total. The number of aryl methyl sites for hydroxylation is 2. The zero-order valence-corrected chi connectivity index (χ0v) is 10.8. The zero-order chi connectivity index (χ0) is 12.4. The van der Waals surface area contributed by atoms with Crippen LogP contribution in [0.25, 0.3) is 0 Å². The van der Waals surface area contributed by atoms with E-state index in [2.05, 4.69) is 44.4 Å². The van der Waals surface area contributed by atoms with Crippen molar-refractivity contribution in [2.24, 2.45) is 0 Å². The highest BCUT2D eigenvalue weighted by molar-refractivity contribution is 5.36. The van der Waals surface area contributed by atoms with Gasteiger partial charge in [-0.15, -0.1) is 12.3 Å². The summed E-state index contributed by atoms with van der Waals surface area (Å²) in [5.41, 5.74) is 2.65. The molecule has 0 aliphatic carbocycles.